The van der Waals surface area contributed by atoms with Crippen molar-refractivity contribution in [2.75, 3.05) is 18.6 Å². The first-order valence-electron chi connectivity index (χ1n) is 12.1. The summed E-state index contributed by atoms with van der Waals surface area (Å²) in [7, 11) is 1.22. The van der Waals surface area contributed by atoms with Gasteiger partial charge in [-0.2, -0.15) is 0 Å². The predicted octanol–water partition coefficient (Wildman–Crippen LogP) is 3.70. The van der Waals surface area contributed by atoms with Gasteiger partial charge in [0.05, 0.1) is 31.7 Å². The van der Waals surface area contributed by atoms with Gasteiger partial charge in [-0.25, -0.2) is 18.7 Å². The highest BCUT2D eigenvalue weighted by atomic mass is 19.1. The number of ether oxygens (including phenoxy) is 2. The number of anilines is 1. The van der Waals surface area contributed by atoms with E-state index in [2.05, 4.69) is 10.3 Å². The highest BCUT2D eigenvalue weighted by Gasteiger charge is 2.48. The van der Waals surface area contributed by atoms with Crippen molar-refractivity contribution >= 4 is 24.2 Å². The maximum Gasteiger partial charge on any atom is 0.410 e. The van der Waals surface area contributed by atoms with Gasteiger partial charge in [-0.1, -0.05) is 17.3 Å². The van der Waals surface area contributed by atoms with E-state index in [1.165, 1.54) is 29.0 Å². The lowest BCUT2D eigenvalue weighted by Gasteiger charge is -2.33. The summed E-state index contributed by atoms with van der Waals surface area (Å²) >= 11 is 0. The van der Waals surface area contributed by atoms with Crippen molar-refractivity contribution in [2.24, 2.45) is 0 Å². The van der Waals surface area contributed by atoms with Gasteiger partial charge in [-0.15, -0.1) is 5.10 Å². The molecule has 0 spiro atoms. The number of carbonyl (C=O) groups excluding carboxylic acids is 3. The second-order valence-corrected chi connectivity index (χ2v) is 10.0. The molecule has 200 valence electrons. The number of rotatable bonds is 9. The molecule has 10 nitrogen and oxygen atoms in total. The Kier molecular flexibility index (Phi) is 7.75. The first kappa shape index (κ1) is 26.8. The quantitative estimate of drug-likeness (QED) is 0.311. The number of hydrogen-bond acceptors (Lipinski definition) is 7. The zero-order chi connectivity index (χ0) is 27.4. The fourth-order valence-corrected chi connectivity index (χ4v) is 4.30. The molecule has 1 aromatic heterocycles. The van der Waals surface area contributed by atoms with Crippen LogP contribution in [0.25, 0.3) is 5.69 Å². The molecule has 1 aliphatic carbocycles. The zero-order valence-electron chi connectivity index (χ0n) is 21.7. The van der Waals surface area contributed by atoms with Gasteiger partial charge in [-0.3, -0.25) is 9.69 Å². The molecule has 1 saturated carbocycles. The molecule has 11 heteroatoms. The average molecular weight is 524 g/mol. The fourth-order valence-electron chi connectivity index (χ4n) is 4.30. The third-order valence-electron chi connectivity index (χ3n) is 6.21. The molecule has 0 bridgehead atoms. The third kappa shape index (κ3) is 6.16. The first-order chi connectivity index (χ1) is 18.1. The molecule has 0 radical (unpaired) electrons. The van der Waals surface area contributed by atoms with Crippen molar-refractivity contribution in [1.29, 1.82) is 0 Å². The lowest BCUT2D eigenvalue weighted by Crippen LogP contribution is -2.52. The minimum absolute atomic E-state index is 0.0620. The second-order valence-electron chi connectivity index (χ2n) is 10.0. The van der Waals surface area contributed by atoms with E-state index in [4.69, 9.17) is 9.47 Å². The monoisotopic (exact) mass is 523 g/mol. The van der Waals surface area contributed by atoms with Crippen molar-refractivity contribution < 1.29 is 28.2 Å². The van der Waals surface area contributed by atoms with Gasteiger partial charge < -0.3 is 14.4 Å². The lowest BCUT2D eigenvalue weighted by atomic mass is 10.1. The van der Waals surface area contributed by atoms with Crippen LogP contribution in [0.1, 0.15) is 38.7 Å². The molecule has 1 heterocycles. The van der Waals surface area contributed by atoms with Gasteiger partial charge in [0.15, 0.2) is 6.04 Å². The van der Waals surface area contributed by atoms with E-state index in [0.717, 1.165) is 5.56 Å². The van der Waals surface area contributed by atoms with Crippen molar-refractivity contribution in [3.63, 3.8) is 0 Å². The molecule has 2 aromatic carbocycles. The summed E-state index contributed by atoms with van der Waals surface area (Å²) in [6.07, 6.45) is 3.74. The normalized spacial score (nSPS) is 17.3. The maximum absolute atomic E-state index is 13.5. The van der Waals surface area contributed by atoms with Crippen LogP contribution in [-0.2, 0) is 19.1 Å². The first-order valence-corrected chi connectivity index (χ1v) is 12.1. The van der Waals surface area contributed by atoms with Gasteiger partial charge in [0.2, 0.25) is 6.41 Å². The molecule has 3 atom stereocenters. The van der Waals surface area contributed by atoms with Crippen LogP contribution < -0.4 is 4.90 Å². The van der Waals surface area contributed by atoms with E-state index in [1.54, 1.807) is 74.2 Å². The summed E-state index contributed by atoms with van der Waals surface area (Å²) in [6.45, 7) is 5.09. The number of nitrogens with zero attached hydrogens (tertiary/aromatic N) is 5. The Morgan fingerprint density at radius 1 is 1.16 bits per heavy atom. The summed E-state index contributed by atoms with van der Waals surface area (Å²) in [4.78, 5) is 41.2. The summed E-state index contributed by atoms with van der Waals surface area (Å²) < 4.78 is 25.7. The van der Waals surface area contributed by atoms with Crippen LogP contribution in [0, 0.1) is 5.82 Å². The predicted molar refractivity (Wildman–Crippen MR) is 136 cm³/mol. The maximum atomic E-state index is 13.5. The van der Waals surface area contributed by atoms with E-state index in [0.29, 0.717) is 24.2 Å². The van der Waals surface area contributed by atoms with E-state index < -0.39 is 23.7 Å². The average Bonchev–Trinajstić information content (AvgIpc) is 3.46. The number of carbonyl (C=O) groups is 3. The molecular formula is C27H30FN5O5. The Bertz CT molecular complexity index is 1260. The van der Waals surface area contributed by atoms with Crippen LogP contribution in [0.3, 0.4) is 0 Å². The Morgan fingerprint density at radius 3 is 2.39 bits per heavy atom. The molecule has 3 aromatic rings. The van der Waals surface area contributed by atoms with Crippen LogP contribution in [0.5, 0.6) is 0 Å². The molecule has 2 amide bonds. The molecule has 0 saturated heterocycles. The minimum Gasteiger partial charge on any atom is -0.467 e. The van der Waals surface area contributed by atoms with Crippen molar-refractivity contribution in [1.82, 2.24) is 19.9 Å². The van der Waals surface area contributed by atoms with E-state index in [-0.39, 0.29) is 24.3 Å². The van der Waals surface area contributed by atoms with E-state index >= 15 is 0 Å². The molecule has 0 aliphatic heterocycles. The molecule has 1 aliphatic rings. The van der Waals surface area contributed by atoms with E-state index in [1.807, 2.05) is 0 Å². The SMILES string of the molecule is COC(=O)C(CN(C(=O)OC(C)(C)C)[C@@H]1C[C@H]1c1ccc(F)cc1)N(C=O)c1ccc(-n2ccnn2)cc1. The Balaban J connectivity index is 1.62. The molecule has 0 N–H and O–H groups in total. The Labute approximate surface area is 219 Å². The van der Waals surface area contributed by atoms with Crippen molar-refractivity contribution in [3.8, 4) is 5.69 Å². The summed E-state index contributed by atoms with van der Waals surface area (Å²) in [5.41, 5.74) is 1.23. The Hall–Kier alpha value is -4.28. The van der Waals surface area contributed by atoms with Gasteiger partial charge >= 0.3 is 12.1 Å². The second kappa shape index (κ2) is 11.0. The number of benzene rings is 2. The smallest absolute Gasteiger partial charge is 0.410 e. The third-order valence-corrected chi connectivity index (χ3v) is 6.21. The molecular weight excluding hydrogens is 493 g/mol. The standard InChI is InChI=1S/C27H30FN5O5/c1-27(2,3)38-26(36)31(23-15-22(23)18-5-7-19(28)8-6-18)16-24(25(35)37-4)32(17-34)20-9-11-21(12-10-20)33-14-13-29-30-33/h5-14,17,22-24H,15-16H2,1-4H3/t22-,23+,24?/m0/s1. The van der Waals surface area contributed by atoms with Crippen molar-refractivity contribution in [2.45, 2.75) is 50.8 Å². The summed E-state index contributed by atoms with van der Waals surface area (Å²) in [6, 6.07) is 11.4. The van der Waals surface area contributed by atoms with Crippen molar-refractivity contribution in [3.05, 3.63) is 72.3 Å². The number of methoxy groups -OCH3 is 1. The van der Waals surface area contributed by atoms with Gasteiger partial charge in [-0.05, 0) is 69.2 Å². The largest absolute Gasteiger partial charge is 0.467 e. The number of hydrogen-bond donors (Lipinski definition) is 0. The fraction of sp³-hybridized carbons (Fsp3) is 0.370. The summed E-state index contributed by atoms with van der Waals surface area (Å²) in [5.74, 6) is -1.10. The topological polar surface area (TPSA) is 107 Å². The number of esters is 1. The zero-order valence-corrected chi connectivity index (χ0v) is 21.7. The lowest BCUT2D eigenvalue weighted by molar-refractivity contribution is -0.143. The van der Waals surface area contributed by atoms with Crippen LogP contribution in [0.15, 0.2) is 60.9 Å². The van der Waals surface area contributed by atoms with Gasteiger partial charge in [0.25, 0.3) is 0 Å². The number of aromatic nitrogens is 3. The number of halogens is 1. The van der Waals surface area contributed by atoms with Crippen LogP contribution in [0.4, 0.5) is 14.9 Å². The van der Waals surface area contributed by atoms with Gasteiger partial charge in [0, 0.05) is 17.6 Å². The van der Waals surface area contributed by atoms with E-state index in [9.17, 15) is 18.8 Å². The van der Waals surface area contributed by atoms with Crippen LogP contribution in [0.2, 0.25) is 0 Å². The highest BCUT2D eigenvalue weighted by molar-refractivity contribution is 5.90. The molecule has 4 rings (SSSR count). The Morgan fingerprint density at radius 2 is 1.84 bits per heavy atom. The molecule has 38 heavy (non-hydrogen) atoms. The molecule has 1 fully saturated rings. The van der Waals surface area contributed by atoms with Crippen LogP contribution >= 0.6 is 0 Å². The van der Waals surface area contributed by atoms with Gasteiger partial charge in [0.1, 0.15) is 11.4 Å². The van der Waals surface area contributed by atoms with Crippen LogP contribution in [-0.4, -0.2) is 69.7 Å². The minimum atomic E-state index is -1.14. The highest BCUT2D eigenvalue weighted by Crippen LogP contribution is 2.45. The molecule has 1 unspecified atom stereocenters. The summed E-state index contributed by atoms with van der Waals surface area (Å²) in [5, 5.41) is 7.72. The number of amides is 2.